The summed E-state index contributed by atoms with van der Waals surface area (Å²) in [6, 6.07) is 8.08. The van der Waals surface area contributed by atoms with Crippen molar-refractivity contribution >= 4 is 11.8 Å². The van der Waals surface area contributed by atoms with Crippen LogP contribution in [0.15, 0.2) is 24.3 Å². The molecule has 1 aliphatic rings. The van der Waals surface area contributed by atoms with Gasteiger partial charge in [0.2, 0.25) is 11.8 Å². The van der Waals surface area contributed by atoms with E-state index in [1.165, 1.54) is 5.56 Å². The number of aryl methyl sites for hydroxylation is 1. The molecule has 1 aromatic carbocycles. The van der Waals surface area contributed by atoms with E-state index in [0.717, 1.165) is 31.7 Å². The fraction of sp³-hybridized carbons (Fsp3) is 0.556. The van der Waals surface area contributed by atoms with E-state index in [1.54, 1.807) is 19.0 Å². The van der Waals surface area contributed by atoms with Crippen molar-refractivity contribution in [2.24, 2.45) is 0 Å². The van der Waals surface area contributed by atoms with E-state index in [1.807, 2.05) is 18.2 Å². The number of nitrogens with zero attached hydrogens (tertiary/aromatic N) is 3. The molecule has 0 radical (unpaired) electrons. The van der Waals surface area contributed by atoms with Gasteiger partial charge in [0, 0.05) is 46.8 Å². The van der Waals surface area contributed by atoms with Crippen LogP contribution in [0.2, 0.25) is 0 Å². The Morgan fingerprint density at radius 2 is 1.62 bits per heavy atom. The molecule has 1 fully saturated rings. The summed E-state index contributed by atoms with van der Waals surface area (Å²) >= 11 is 0. The predicted molar refractivity (Wildman–Crippen MR) is 94.6 cm³/mol. The molecule has 1 heterocycles. The molecular weight excluding hydrogens is 304 g/mol. The van der Waals surface area contributed by atoms with Crippen molar-refractivity contribution in [3.05, 3.63) is 35.4 Å². The summed E-state index contributed by atoms with van der Waals surface area (Å²) < 4.78 is 0. The molecule has 0 saturated carbocycles. The van der Waals surface area contributed by atoms with Crippen LogP contribution in [-0.4, -0.2) is 79.9 Å². The number of nitrogens with one attached hydrogen (secondary N) is 1. The van der Waals surface area contributed by atoms with E-state index in [-0.39, 0.29) is 11.8 Å². The second-order valence-electron chi connectivity index (χ2n) is 6.54. The Balaban J connectivity index is 1.69. The van der Waals surface area contributed by atoms with Crippen LogP contribution in [0.5, 0.6) is 0 Å². The van der Waals surface area contributed by atoms with Gasteiger partial charge in [-0.15, -0.1) is 0 Å². The molecule has 0 aromatic heterocycles. The lowest BCUT2D eigenvalue weighted by Crippen LogP contribution is -2.51. The highest BCUT2D eigenvalue weighted by atomic mass is 16.2. The van der Waals surface area contributed by atoms with Crippen LogP contribution in [0, 0.1) is 6.92 Å². The number of amides is 2. The highest BCUT2D eigenvalue weighted by molar-refractivity contribution is 5.78. The van der Waals surface area contributed by atoms with Crippen molar-refractivity contribution < 1.29 is 9.59 Å². The first-order chi connectivity index (χ1) is 11.5. The van der Waals surface area contributed by atoms with Crippen molar-refractivity contribution in [3.63, 3.8) is 0 Å². The summed E-state index contributed by atoms with van der Waals surface area (Å²) in [6.45, 7) is 6.78. The molecule has 6 heteroatoms. The first-order valence-electron chi connectivity index (χ1n) is 8.42. The smallest absolute Gasteiger partial charge is 0.236 e. The lowest BCUT2D eigenvalue weighted by molar-refractivity contribution is -0.131. The molecule has 0 unspecified atom stereocenters. The van der Waals surface area contributed by atoms with Crippen LogP contribution < -0.4 is 5.32 Å². The lowest BCUT2D eigenvalue weighted by atomic mass is 10.1. The SMILES string of the molecule is Cc1ccccc1CNC(=O)CN1CCN(CC(=O)N(C)C)CC1. The number of likely N-dealkylation sites (N-methyl/N-ethyl adjacent to an activating group) is 1. The number of hydrogen-bond acceptors (Lipinski definition) is 4. The number of carbonyl (C=O) groups excluding carboxylic acids is 2. The molecular formula is C18H28N4O2. The quantitative estimate of drug-likeness (QED) is 0.815. The largest absolute Gasteiger partial charge is 0.351 e. The molecule has 0 bridgehead atoms. The zero-order chi connectivity index (χ0) is 17.5. The number of hydrogen-bond donors (Lipinski definition) is 1. The third kappa shape index (κ3) is 5.62. The fourth-order valence-electron chi connectivity index (χ4n) is 2.70. The van der Waals surface area contributed by atoms with Gasteiger partial charge in [-0.25, -0.2) is 0 Å². The third-order valence-electron chi connectivity index (χ3n) is 4.43. The normalized spacial score (nSPS) is 16.0. The summed E-state index contributed by atoms with van der Waals surface area (Å²) in [7, 11) is 3.55. The predicted octanol–water partition coefficient (Wildman–Crippen LogP) is 0.317. The molecule has 2 rings (SSSR count). The van der Waals surface area contributed by atoms with Gasteiger partial charge in [-0.3, -0.25) is 19.4 Å². The van der Waals surface area contributed by atoms with E-state index in [2.05, 4.69) is 28.1 Å². The first-order valence-corrected chi connectivity index (χ1v) is 8.42. The van der Waals surface area contributed by atoms with Crippen molar-refractivity contribution in [3.8, 4) is 0 Å². The van der Waals surface area contributed by atoms with E-state index in [4.69, 9.17) is 0 Å². The van der Waals surface area contributed by atoms with E-state index >= 15 is 0 Å². The molecule has 0 aliphatic carbocycles. The second-order valence-corrected chi connectivity index (χ2v) is 6.54. The van der Waals surface area contributed by atoms with Crippen LogP contribution in [0.4, 0.5) is 0 Å². The Kier molecular flexibility index (Phi) is 6.75. The van der Waals surface area contributed by atoms with Crippen molar-refractivity contribution in [1.29, 1.82) is 0 Å². The average Bonchev–Trinajstić information content (AvgIpc) is 2.56. The molecule has 1 aliphatic heterocycles. The minimum atomic E-state index is 0.0519. The zero-order valence-electron chi connectivity index (χ0n) is 14.9. The van der Waals surface area contributed by atoms with Gasteiger partial charge < -0.3 is 10.2 Å². The van der Waals surface area contributed by atoms with E-state index in [9.17, 15) is 9.59 Å². The lowest BCUT2D eigenvalue weighted by Gasteiger charge is -2.34. The maximum atomic E-state index is 12.1. The van der Waals surface area contributed by atoms with Crippen molar-refractivity contribution in [2.75, 3.05) is 53.4 Å². The highest BCUT2D eigenvalue weighted by Gasteiger charge is 2.20. The molecule has 1 aromatic rings. The summed E-state index contributed by atoms with van der Waals surface area (Å²) in [5.41, 5.74) is 2.34. The van der Waals surface area contributed by atoms with Crippen LogP contribution in [-0.2, 0) is 16.1 Å². The Morgan fingerprint density at radius 1 is 1.04 bits per heavy atom. The number of carbonyl (C=O) groups is 2. The zero-order valence-corrected chi connectivity index (χ0v) is 14.9. The van der Waals surface area contributed by atoms with Gasteiger partial charge in [0.1, 0.15) is 0 Å². The van der Waals surface area contributed by atoms with Gasteiger partial charge in [-0.2, -0.15) is 0 Å². The molecule has 6 nitrogen and oxygen atoms in total. The fourth-order valence-corrected chi connectivity index (χ4v) is 2.70. The second kappa shape index (κ2) is 8.80. The highest BCUT2D eigenvalue weighted by Crippen LogP contribution is 2.06. The van der Waals surface area contributed by atoms with E-state index < -0.39 is 0 Å². The van der Waals surface area contributed by atoms with Gasteiger partial charge in [0.05, 0.1) is 13.1 Å². The first kappa shape index (κ1) is 18.4. The standard InChI is InChI=1S/C18H28N4O2/c1-15-6-4-5-7-16(15)12-19-17(23)13-21-8-10-22(11-9-21)14-18(24)20(2)3/h4-7H,8-14H2,1-3H3,(H,19,23). The molecule has 0 spiro atoms. The summed E-state index contributed by atoms with van der Waals surface area (Å²) in [5.74, 6) is 0.176. The maximum Gasteiger partial charge on any atom is 0.236 e. The topological polar surface area (TPSA) is 55.9 Å². The van der Waals surface area contributed by atoms with Crippen molar-refractivity contribution in [2.45, 2.75) is 13.5 Å². The van der Waals surface area contributed by atoms with Gasteiger partial charge in [-0.1, -0.05) is 24.3 Å². The summed E-state index contributed by atoms with van der Waals surface area (Å²) in [4.78, 5) is 29.7. The van der Waals surface area contributed by atoms with Gasteiger partial charge in [0.25, 0.3) is 0 Å². The van der Waals surface area contributed by atoms with Gasteiger partial charge in [0.15, 0.2) is 0 Å². The number of benzene rings is 1. The van der Waals surface area contributed by atoms with Crippen LogP contribution in [0.25, 0.3) is 0 Å². The number of piperazine rings is 1. The van der Waals surface area contributed by atoms with Crippen LogP contribution in [0.1, 0.15) is 11.1 Å². The molecule has 1 N–H and O–H groups in total. The monoisotopic (exact) mass is 332 g/mol. The van der Waals surface area contributed by atoms with Gasteiger partial charge in [-0.05, 0) is 18.1 Å². The molecule has 2 amide bonds. The Labute approximate surface area is 144 Å². The van der Waals surface area contributed by atoms with E-state index in [0.29, 0.717) is 19.6 Å². The minimum Gasteiger partial charge on any atom is -0.351 e. The molecule has 24 heavy (non-hydrogen) atoms. The average molecular weight is 332 g/mol. The maximum absolute atomic E-state index is 12.1. The molecule has 1 saturated heterocycles. The summed E-state index contributed by atoms with van der Waals surface area (Å²) in [5, 5.41) is 2.99. The van der Waals surface area contributed by atoms with Gasteiger partial charge >= 0.3 is 0 Å². The van der Waals surface area contributed by atoms with Crippen molar-refractivity contribution in [1.82, 2.24) is 20.0 Å². The molecule has 0 atom stereocenters. The molecule has 132 valence electrons. The number of rotatable bonds is 6. The van der Waals surface area contributed by atoms with Crippen LogP contribution >= 0.6 is 0 Å². The minimum absolute atomic E-state index is 0.0519. The van der Waals surface area contributed by atoms with Crippen LogP contribution in [0.3, 0.4) is 0 Å². The Morgan fingerprint density at radius 3 is 2.21 bits per heavy atom. The third-order valence-corrected chi connectivity index (χ3v) is 4.43. The Bertz CT molecular complexity index is 566. The summed E-state index contributed by atoms with van der Waals surface area (Å²) in [6.07, 6.45) is 0. The Hall–Kier alpha value is -1.92.